The number of hydrogen-bond donors (Lipinski definition) is 1. The monoisotopic (exact) mass is 407 g/mol. The molecule has 0 saturated carbocycles. The van der Waals surface area contributed by atoms with E-state index in [0.717, 1.165) is 23.6 Å². The second-order valence-corrected chi connectivity index (χ2v) is 10.6. The number of anilines is 1. The van der Waals surface area contributed by atoms with Crippen molar-refractivity contribution in [3.63, 3.8) is 0 Å². The Morgan fingerprint density at radius 3 is 2.29 bits per heavy atom. The highest BCUT2D eigenvalue weighted by Crippen LogP contribution is 2.38. The van der Waals surface area contributed by atoms with Crippen LogP contribution in [-0.2, 0) is 18.8 Å². The summed E-state index contributed by atoms with van der Waals surface area (Å²) in [7, 11) is -0.455. The first-order valence-electron chi connectivity index (χ1n) is 9.60. The average molecular weight is 407 g/mol. The van der Waals surface area contributed by atoms with Gasteiger partial charge in [-0.3, -0.25) is 5.32 Å². The molecule has 0 spiro atoms. The first-order chi connectivity index (χ1) is 12.9. The van der Waals surface area contributed by atoms with E-state index < -0.39 is 30.0 Å². The number of thioether (sulfide) groups is 1. The van der Waals surface area contributed by atoms with Crippen LogP contribution in [0.15, 0.2) is 23.1 Å². The maximum absolute atomic E-state index is 12.1. The highest BCUT2D eigenvalue weighted by atomic mass is 32.2. The third kappa shape index (κ3) is 4.85. The largest absolute Gasteiger partial charge is 0.495 e. The minimum Gasteiger partial charge on any atom is -0.444 e. The van der Waals surface area contributed by atoms with Crippen LogP contribution in [-0.4, -0.2) is 48.5 Å². The van der Waals surface area contributed by atoms with E-state index >= 15 is 0 Å². The normalized spacial score (nSPS) is 21.3. The molecule has 2 saturated heterocycles. The fourth-order valence-electron chi connectivity index (χ4n) is 2.76. The summed E-state index contributed by atoms with van der Waals surface area (Å²) in [5.74, 6) is 0. The first-order valence-corrected chi connectivity index (χ1v) is 10.5. The molecule has 2 aliphatic rings. The van der Waals surface area contributed by atoms with Crippen LogP contribution in [0, 0.1) is 0 Å². The van der Waals surface area contributed by atoms with E-state index in [1.165, 1.54) is 0 Å². The number of hydrogen-bond acceptors (Lipinski definition) is 6. The minimum atomic E-state index is -0.548. The molecule has 0 aliphatic carbocycles. The third-order valence-electron chi connectivity index (χ3n) is 5.07. The third-order valence-corrected chi connectivity index (χ3v) is 6.28. The molecule has 1 amide bonds. The Bertz CT molecular complexity index is 727. The number of amides is 1. The van der Waals surface area contributed by atoms with E-state index in [0.29, 0.717) is 10.9 Å². The predicted molar refractivity (Wildman–Crippen MR) is 112 cm³/mol. The average Bonchev–Trinajstić information content (AvgIpc) is 2.69. The zero-order valence-electron chi connectivity index (χ0n) is 17.8. The van der Waals surface area contributed by atoms with Crippen LogP contribution >= 0.6 is 11.8 Å². The summed E-state index contributed by atoms with van der Waals surface area (Å²) in [5.41, 5.74) is 0.273. The van der Waals surface area contributed by atoms with Gasteiger partial charge >= 0.3 is 13.2 Å². The summed E-state index contributed by atoms with van der Waals surface area (Å²) in [6, 6.07) is 5.76. The molecule has 0 bridgehead atoms. The molecule has 1 aromatic carbocycles. The number of ether oxygens (including phenoxy) is 2. The Morgan fingerprint density at radius 2 is 1.79 bits per heavy atom. The van der Waals surface area contributed by atoms with Crippen LogP contribution in [0.25, 0.3) is 0 Å². The van der Waals surface area contributed by atoms with E-state index in [2.05, 4.69) is 5.32 Å². The molecule has 8 heteroatoms. The Kier molecular flexibility index (Phi) is 5.80. The SMILES string of the molecule is CC(C)(C)OC(=O)Nc1ccc(B2OC(C)(C)C(C)(C)O2)c(SC2COC2)c1. The zero-order valence-corrected chi connectivity index (χ0v) is 18.6. The van der Waals surface area contributed by atoms with Crippen molar-refractivity contribution in [1.82, 2.24) is 0 Å². The number of nitrogens with one attached hydrogen (secondary N) is 1. The summed E-state index contributed by atoms with van der Waals surface area (Å²) in [6.07, 6.45) is -0.473. The van der Waals surface area contributed by atoms with Gasteiger partial charge in [-0.05, 0) is 66.1 Å². The maximum Gasteiger partial charge on any atom is 0.495 e. The highest BCUT2D eigenvalue weighted by molar-refractivity contribution is 8.00. The summed E-state index contributed by atoms with van der Waals surface area (Å²) in [5, 5.41) is 3.20. The maximum atomic E-state index is 12.1. The Balaban J connectivity index is 1.83. The van der Waals surface area contributed by atoms with E-state index in [9.17, 15) is 4.79 Å². The molecule has 3 rings (SSSR count). The number of benzene rings is 1. The summed E-state index contributed by atoms with van der Waals surface area (Å²) < 4.78 is 23.1. The Labute approximate surface area is 172 Å². The summed E-state index contributed by atoms with van der Waals surface area (Å²) in [4.78, 5) is 13.1. The van der Waals surface area contributed by atoms with Crippen LogP contribution in [0.5, 0.6) is 0 Å². The smallest absolute Gasteiger partial charge is 0.444 e. The van der Waals surface area contributed by atoms with Crippen molar-refractivity contribution in [2.75, 3.05) is 18.5 Å². The van der Waals surface area contributed by atoms with Gasteiger partial charge in [0, 0.05) is 10.6 Å². The molecule has 1 aromatic rings. The molecular weight excluding hydrogens is 377 g/mol. The van der Waals surface area contributed by atoms with Crippen molar-refractivity contribution in [3.05, 3.63) is 18.2 Å². The van der Waals surface area contributed by atoms with Crippen molar-refractivity contribution in [3.8, 4) is 0 Å². The lowest BCUT2D eigenvalue weighted by Crippen LogP contribution is -2.41. The van der Waals surface area contributed by atoms with Crippen LogP contribution in [0.4, 0.5) is 10.5 Å². The van der Waals surface area contributed by atoms with Gasteiger partial charge in [-0.15, -0.1) is 11.8 Å². The van der Waals surface area contributed by atoms with Crippen LogP contribution < -0.4 is 10.8 Å². The highest BCUT2D eigenvalue weighted by Gasteiger charge is 2.52. The van der Waals surface area contributed by atoms with Crippen molar-refractivity contribution >= 4 is 36.1 Å². The van der Waals surface area contributed by atoms with E-state index in [1.54, 1.807) is 11.8 Å². The first kappa shape index (κ1) is 21.5. The van der Waals surface area contributed by atoms with Crippen molar-refractivity contribution in [2.45, 2.75) is 75.4 Å². The minimum absolute atomic E-state index is 0.387. The lowest BCUT2D eigenvalue weighted by atomic mass is 9.79. The van der Waals surface area contributed by atoms with Gasteiger partial charge < -0.3 is 18.8 Å². The standard InChI is InChI=1S/C20H30BNO5S/c1-18(2,3)25-17(23)22-13-8-9-15(16(10-13)28-14-11-24-12-14)21-26-19(4,5)20(6,7)27-21/h8-10,14H,11-12H2,1-7H3,(H,22,23). The number of carbonyl (C=O) groups is 1. The second kappa shape index (κ2) is 7.56. The Morgan fingerprint density at radius 1 is 1.18 bits per heavy atom. The van der Waals surface area contributed by atoms with Gasteiger partial charge in [-0.25, -0.2) is 4.79 Å². The zero-order chi connectivity index (χ0) is 20.7. The van der Waals surface area contributed by atoms with Gasteiger partial charge in [-0.1, -0.05) is 6.07 Å². The molecule has 0 atom stereocenters. The molecule has 28 heavy (non-hydrogen) atoms. The molecule has 6 nitrogen and oxygen atoms in total. The molecular formula is C20H30BNO5S. The lowest BCUT2D eigenvalue weighted by Gasteiger charge is -2.32. The molecule has 2 aliphatic heterocycles. The molecule has 1 N–H and O–H groups in total. The topological polar surface area (TPSA) is 66.0 Å². The quantitative estimate of drug-likeness (QED) is 0.766. The molecule has 2 heterocycles. The number of rotatable bonds is 4. The lowest BCUT2D eigenvalue weighted by molar-refractivity contribution is 0.00578. The fraction of sp³-hybridized carbons (Fsp3) is 0.650. The summed E-state index contributed by atoms with van der Waals surface area (Å²) in [6.45, 7) is 15.1. The van der Waals surface area contributed by atoms with Crippen molar-refractivity contribution in [1.29, 1.82) is 0 Å². The summed E-state index contributed by atoms with van der Waals surface area (Å²) >= 11 is 1.72. The van der Waals surface area contributed by atoms with Crippen molar-refractivity contribution in [2.24, 2.45) is 0 Å². The molecule has 0 aromatic heterocycles. The fourth-order valence-corrected chi connectivity index (χ4v) is 3.95. The van der Waals surface area contributed by atoms with Crippen molar-refractivity contribution < 1.29 is 23.6 Å². The number of carbonyl (C=O) groups excluding carboxylic acids is 1. The predicted octanol–water partition coefficient (Wildman–Crippen LogP) is 3.82. The molecule has 2 fully saturated rings. The van der Waals surface area contributed by atoms with Gasteiger partial charge in [0.2, 0.25) is 0 Å². The van der Waals surface area contributed by atoms with E-state index in [4.69, 9.17) is 18.8 Å². The van der Waals surface area contributed by atoms with Gasteiger partial charge in [0.25, 0.3) is 0 Å². The van der Waals surface area contributed by atoms with Gasteiger partial charge in [0.05, 0.1) is 29.7 Å². The molecule has 0 unspecified atom stereocenters. The molecule has 0 radical (unpaired) electrons. The van der Waals surface area contributed by atoms with E-state index in [1.807, 2.05) is 66.7 Å². The van der Waals surface area contributed by atoms with E-state index in [-0.39, 0.29) is 0 Å². The van der Waals surface area contributed by atoms with Gasteiger partial charge in [0.1, 0.15) is 5.60 Å². The van der Waals surface area contributed by atoms with Crippen LogP contribution in [0.1, 0.15) is 48.5 Å². The molecule has 154 valence electrons. The second-order valence-electron chi connectivity index (χ2n) is 9.25. The van der Waals surface area contributed by atoms with Gasteiger partial charge in [0.15, 0.2) is 0 Å². The van der Waals surface area contributed by atoms with Crippen LogP contribution in [0.3, 0.4) is 0 Å². The Hall–Kier alpha value is -1.22. The van der Waals surface area contributed by atoms with Gasteiger partial charge in [-0.2, -0.15) is 0 Å². The van der Waals surface area contributed by atoms with Crippen LogP contribution in [0.2, 0.25) is 0 Å².